The summed E-state index contributed by atoms with van der Waals surface area (Å²) in [6.07, 6.45) is 3.09. The normalized spacial score (nSPS) is 15.9. The number of nitrogens with zero attached hydrogens (tertiary/aromatic N) is 2. The van der Waals surface area contributed by atoms with Crippen molar-refractivity contribution in [1.82, 2.24) is 10.3 Å². The number of hydrogen-bond acceptors (Lipinski definition) is 3. The lowest BCUT2D eigenvalue weighted by Gasteiger charge is -2.26. The van der Waals surface area contributed by atoms with Gasteiger partial charge in [-0.15, -0.1) is 0 Å². The van der Waals surface area contributed by atoms with Crippen LogP contribution in [0.15, 0.2) is 29.4 Å². The Bertz CT molecular complexity index is 510. The zero-order valence-corrected chi connectivity index (χ0v) is 13.9. The first-order valence-corrected chi connectivity index (χ1v) is 8.28. The van der Waals surface area contributed by atoms with Gasteiger partial charge in [-0.2, -0.15) is 5.10 Å². The molecular weight excluding hydrogens is 274 g/mol. The summed E-state index contributed by atoms with van der Waals surface area (Å²) in [7, 11) is 0. The van der Waals surface area contributed by atoms with Gasteiger partial charge in [0.2, 0.25) is 0 Å². The Morgan fingerprint density at radius 3 is 2.41 bits per heavy atom. The van der Waals surface area contributed by atoms with Crippen LogP contribution in [0.2, 0.25) is 0 Å². The molecule has 1 aromatic rings. The van der Waals surface area contributed by atoms with Crippen LogP contribution in [0, 0.1) is 0 Å². The SMILES string of the molecule is CCCN1CCC(=NNC(=O)c2ccc(C(C)C)cc2)CC1. The predicted octanol–water partition coefficient (Wildman–Crippen LogP) is 3.40. The van der Waals surface area contributed by atoms with Crippen molar-refractivity contribution in [1.29, 1.82) is 0 Å². The summed E-state index contributed by atoms with van der Waals surface area (Å²) in [6, 6.07) is 7.76. The molecule has 1 saturated heterocycles. The highest BCUT2D eigenvalue weighted by atomic mass is 16.2. The van der Waals surface area contributed by atoms with Crippen LogP contribution in [-0.2, 0) is 0 Å². The van der Waals surface area contributed by atoms with E-state index in [-0.39, 0.29) is 5.91 Å². The fourth-order valence-corrected chi connectivity index (χ4v) is 2.68. The number of amides is 1. The third kappa shape index (κ3) is 4.67. The van der Waals surface area contributed by atoms with E-state index in [0.29, 0.717) is 11.5 Å². The Hall–Kier alpha value is -1.68. The maximum atomic E-state index is 12.1. The van der Waals surface area contributed by atoms with E-state index in [9.17, 15) is 4.79 Å². The predicted molar refractivity (Wildman–Crippen MR) is 91.4 cm³/mol. The molecule has 0 bridgehead atoms. The number of rotatable bonds is 5. The zero-order chi connectivity index (χ0) is 15.9. The van der Waals surface area contributed by atoms with E-state index in [4.69, 9.17) is 0 Å². The summed E-state index contributed by atoms with van der Waals surface area (Å²) in [4.78, 5) is 14.6. The minimum absolute atomic E-state index is 0.126. The van der Waals surface area contributed by atoms with Crippen molar-refractivity contribution in [3.63, 3.8) is 0 Å². The van der Waals surface area contributed by atoms with Crippen LogP contribution in [0.3, 0.4) is 0 Å². The molecule has 120 valence electrons. The average molecular weight is 301 g/mol. The van der Waals surface area contributed by atoms with Crippen LogP contribution < -0.4 is 5.43 Å². The number of nitrogens with one attached hydrogen (secondary N) is 1. The van der Waals surface area contributed by atoms with Crippen molar-refractivity contribution in [3.05, 3.63) is 35.4 Å². The molecule has 0 aliphatic carbocycles. The van der Waals surface area contributed by atoms with Gasteiger partial charge in [0.1, 0.15) is 0 Å². The third-order valence-corrected chi connectivity index (χ3v) is 4.13. The summed E-state index contributed by atoms with van der Waals surface area (Å²) >= 11 is 0. The number of likely N-dealkylation sites (tertiary alicyclic amines) is 1. The molecule has 0 atom stereocenters. The monoisotopic (exact) mass is 301 g/mol. The van der Waals surface area contributed by atoms with Crippen LogP contribution in [-0.4, -0.2) is 36.2 Å². The van der Waals surface area contributed by atoms with Gasteiger partial charge in [-0.3, -0.25) is 4.79 Å². The molecule has 1 heterocycles. The molecule has 1 aliphatic heterocycles. The second-order valence-electron chi connectivity index (χ2n) is 6.24. The second kappa shape index (κ2) is 8.08. The van der Waals surface area contributed by atoms with Crippen LogP contribution in [0.4, 0.5) is 0 Å². The molecule has 1 aromatic carbocycles. The van der Waals surface area contributed by atoms with E-state index in [2.05, 4.69) is 36.2 Å². The molecule has 0 saturated carbocycles. The van der Waals surface area contributed by atoms with Crippen molar-refractivity contribution >= 4 is 11.6 Å². The summed E-state index contributed by atoms with van der Waals surface area (Å²) in [6.45, 7) is 9.74. The van der Waals surface area contributed by atoms with Crippen LogP contribution in [0.5, 0.6) is 0 Å². The smallest absolute Gasteiger partial charge is 0.271 e. The fourth-order valence-electron chi connectivity index (χ4n) is 2.68. The molecule has 1 aliphatic rings. The highest BCUT2D eigenvalue weighted by Crippen LogP contribution is 2.14. The highest BCUT2D eigenvalue weighted by Gasteiger charge is 2.14. The minimum atomic E-state index is -0.126. The van der Waals surface area contributed by atoms with Gasteiger partial charge in [0.25, 0.3) is 5.91 Å². The second-order valence-corrected chi connectivity index (χ2v) is 6.24. The molecule has 0 unspecified atom stereocenters. The lowest BCUT2D eigenvalue weighted by Crippen LogP contribution is -2.35. The number of carbonyl (C=O) groups is 1. The first-order valence-electron chi connectivity index (χ1n) is 8.28. The Morgan fingerprint density at radius 1 is 1.23 bits per heavy atom. The molecule has 4 heteroatoms. The van der Waals surface area contributed by atoms with E-state index in [1.807, 2.05) is 24.3 Å². The van der Waals surface area contributed by atoms with E-state index in [1.165, 1.54) is 12.0 Å². The molecule has 2 rings (SSSR count). The van der Waals surface area contributed by atoms with Gasteiger partial charge >= 0.3 is 0 Å². The van der Waals surface area contributed by atoms with E-state index in [0.717, 1.165) is 38.2 Å². The molecule has 0 spiro atoms. The van der Waals surface area contributed by atoms with E-state index in [1.54, 1.807) is 0 Å². The average Bonchev–Trinajstić information content (AvgIpc) is 2.54. The maximum Gasteiger partial charge on any atom is 0.271 e. The number of hydrogen-bond donors (Lipinski definition) is 1. The van der Waals surface area contributed by atoms with Crippen molar-refractivity contribution in [3.8, 4) is 0 Å². The molecule has 1 N–H and O–H groups in total. The van der Waals surface area contributed by atoms with Gasteiger partial charge in [-0.1, -0.05) is 32.9 Å². The Labute approximate surface area is 133 Å². The summed E-state index contributed by atoms with van der Waals surface area (Å²) in [5, 5.41) is 4.30. The van der Waals surface area contributed by atoms with Gasteiger partial charge in [-0.25, -0.2) is 5.43 Å². The molecule has 22 heavy (non-hydrogen) atoms. The van der Waals surface area contributed by atoms with Crippen LogP contribution >= 0.6 is 0 Å². The van der Waals surface area contributed by atoms with Crippen molar-refractivity contribution in [2.45, 2.75) is 46.0 Å². The maximum absolute atomic E-state index is 12.1. The lowest BCUT2D eigenvalue weighted by atomic mass is 10.0. The molecule has 0 radical (unpaired) electrons. The quantitative estimate of drug-likeness (QED) is 0.847. The first kappa shape index (κ1) is 16.7. The van der Waals surface area contributed by atoms with Crippen molar-refractivity contribution in [2.24, 2.45) is 5.10 Å². The number of carbonyl (C=O) groups excluding carboxylic acids is 1. The zero-order valence-electron chi connectivity index (χ0n) is 13.9. The Morgan fingerprint density at radius 2 is 1.86 bits per heavy atom. The highest BCUT2D eigenvalue weighted by molar-refractivity contribution is 5.95. The molecule has 4 nitrogen and oxygen atoms in total. The Kier molecular flexibility index (Phi) is 6.13. The molecule has 1 fully saturated rings. The standard InChI is InChI=1S/C18H27N3O/c1-4-11-21-12-9-17(10-13-21)19-20-18(22)16-7-5-15(6-8-16)14(2)3/h5-8,14H,4,9-13H2,1-3H3,(H,20,22). The van der Waals surface area contributed by atoms with Gasteiger partial charge in [0, 0.05) is 37.2 Å². The van der Waals surface area contributed by atoms with Crippen molar-refractivity contribution < 1.29 is 4.79 Å². The van der Waals surface area contributed by atoms with Gasteiger partial charge < -0.3 is 4.90 Å². The molecular formula is C18H27N3O. The third-order valence-electron chi connectivity index (χ3n) is 4.13. The Balaban J connectivity index is 1.86. The molecule has 1 amide bonds. The van der Waals surface area contributed by atoms with Crippen LogP contribution in [0.1, 0.15) is 61.9 Å². The summed E-state index contributed by atoms with van der Waals surface area (Å²) in [5.74, 6) is 0.351. The largest absolute Gasteiger partial charge is 0.303 e. The van der Waals surface area contributed by atoms with Gasteiger partial charge in [0.05, 0.1) is 0 Å². The van der Waals surface area contributed by atoms with E-state index >= 15 is 0 Å². The number of hydrazone groups is 1. The topological polar surface area (TPSA) is 44.7 Å². The van der Waals surface area contributed by atoms with Gasteiger partial charge in [0.15, 0.2) is 0 Å². The lowest BCUT2D eigenvalue weighted by molar-refractivity contribution is 0.0954. The molecule has 0 aromatic heterocycles. The van der Waals surface area contributed by atoms with E-state index < -0.39 is 0 Å². The van der Waals surface area contributed by atoms with Crippen LogP contribution in [0.25, 0.3) is 0 Å². The van der Waals surface area contributed by atoms with Gasteiger partial charge in [-0.05, 0) is 36.6 Å². The number of piperidine rings is 1. The number of benzene rings is 1. The first-order chi connectivity index (χ1) is 10.6. The summed E-state index contributed by atoms with van der Waals surface area (Å²) < 4.78 is 0. The summed E-state index contributed by atoms with van der Waals surface area (Å²) in [5.41, 5.74) is 5.70. The minimum Gasteiger partial charge on any atom is -0.303 e. The van der Waals surface area contributed by atoms with Crippen molar-refractivity contribution in [2.75, 3.05) is 19.6 Å². The fraction of sp³-hybridized carbons (Fsp3) is 0.556.